The number of unbranched alkanes of at least 4 members (excludes halogenated alkanes) is 1. The minimum absolute atomic E-state index is 0.153. The number of anilines is 1. The summed E-state index contributed by atoms with van der Waals surface area (Å²) in [6.45, 7) is 4.34. The van der Waals surface area contributed by atoms with Crippen LogP contribution in [0, 0.1) is 0 Å². The molecular weight excluding hydrogens is 236 g/mol. The molecule has 0 saturated heterocycles. The second-order valence-electron chi connectivity index (χ2n) is 4.04. The van der Waals surface area contributed by atoms with Crippen LogP contribution in [0.25, 0.3) is 0 Å². The summed E-state index contributed by atoms with van der Waals surface area (Å²) in [5.74, 6) is 0. The smallest absolute Gasteiger partial charge is 0.0606 e. The monoisotopic (exact) mass is 256 g/mol. The Hall–Kier alpha value is -0.770. The predicted molar refractivity (Wildman–Crippen MR) is 73.6 cm³/mol. The van der Waals surface area contributed by atoms with Crippen LogP contribution in [-0.2, 0) is 6.54 Å². The number of halogens is 1. The number of rotatable bonds is 7. The van der Waals surface area contributed by atoms with Gasteiger partial charge in [0.2, 0.25) is 0 Å². The summed E-state index contributed by atoms with van der Waals surface area (Å²) in [7, 11) is 0. The second-order valence-corrected chi connectivity index (χ2v) is 4.45. The van der Waals surface area contributed by atoms with Gasteiger partial charge in [0.1, 0.15) is 0 Å². The van der Waals surface area contributed by atoms with Crippen molar-refractivity contribution < 1.29 is 5.11 Å². The molecule has 4 heteroatoms. The first-order valence-electron chi connectivity index (χ1n) is 6.07. The van der Waals surface area contributed by atoms with Gasteiger partial charge < -0.3 is 15.7 Å². The average Bonchev–Trinajstić information content (AvgIpc) is 2.34. The molecule has 0 aliphatic carbocycles. The topological polar surface area (TPSA) is 49.5 Å². The molecule has 0 aliphatic heterocycles. The van der Waals surface area contributed by atoms with Gasteiger partial charge in [0.05, 0.1) is 6.61 Å². The van der Waals surface area contributed by atoms with Crippen molar-refractivity contribution in [3.8, 4) is 0 Å². The second kappa shape index (κ2) is 7.54. The Morgan fingerprint density at radius 2 is 2.12 bits per heavy atom. The Morgan fingerprint density at radius 1 is 1.35 bits per heavy atom. The molecule has 0 unspecified atom stereocenters. The van der Waals surface area contributed by atoms with Crippen LogP contribution in [0.15, 0.2) is 18.2 Å². The maximum Gasteiger partial charge on any atom is 0.0606 e. The summed E-state index contributed by atoms with van der Waals surface area (Å²) in [6.07, 6.45) is 2.24. The zero-order chi connectivity index (χ0) is 12.7. The van der Waals surface area contributed by atoms with Gasteiger partial charge in [-0.2, -0.15) is 0 Å². The lowest BCUT2D eigenvalue weighted by Crippen LogP contribution is -2.27. The zero-order valence-electron chi connectivity index (χ0n) is 10.3. The molecule has 1 rings (SSSR count). The third-order valence-corrected chi connectivity index (χ3v) is 3.13. The van der Waals surface area contributed by atoms with Crippen LogP contribution >= 0.6 is 11.6 Å². The normalized spacial score (nSPS) is 10.6. The fourth-order valence-electron chi connectivity index (χ4n) is 1.74. The average molecular weight is 257 g/mol. The number of nitrogens with zero attached hydrogens (tertiary/aromatic N) is 1. The SMILES string of the molecule is CCCCN(CCO)c1ccc(CN)c(Cl)c1. The van der Waals surface area contributed by atoms with Crippen molar-refractivity contribution in [3.05, 3.63) is 28.8 Å². The van der Waals surface area contributed by atoms with E-state index in [1.165, 1.54) is 0 Å². The molecule has 0 spiro atoms. The molecule has 0 bridgehead atoms. The van der Waals surface area contributed by atoms with Crippen molar-refractivity contribution >= 4 is 17.3 Å². The highest BCUT2D eigenvalue weighted by Crippen LogP contribution is 2.23. The minimum atomic E-state index is 0.153. The number of benzene rings is 1. The third kappa shape index (κ3) is 4.19. The molecule has 1 aromatic rings. The van der Waals surface area contributed by atoms with Crippen LogP contribution in [0.1, 0.15) is 25.3 Å². The van der Waals surface area contributed by atoms with Crippen LogP contribution in [0.4, 0.5) is 5.69 Å². The minimum Gasteiger partial charge on any atom is -0.395 e. The third-order valence-electron chi connectivity index (χ3n) is 2.77. The number of hydrogen-bond donors (Lipinski definition) is 2. The molecule has 0 aromatic heterocycles. The van der Waals surface area contributed by atoms with E-state index in [1.807, 2.05) is 18.2 Å². The van der Waals surface area contributed by atoms with Crippen LogP contribution in [-0.4, -0.2) is 24.8 Å². The molecule has 0 radical (unpaired) electrons. The van der Waals surface area contributed by atoms with E-state index in [2.05, 4.69) is 11.8 Å². The van der Waals surface area contributed by atoms with E-state index in [0.29, 0.717) is 18.1 Å². The molecule has 3 nitrogen and oxygen atoms in total. The van der Waals surface area contributed by atoms with Gasteiger partial charge in [-0.25, -0.2) is 0 Å². The molecule has 1 aromatic carbocycles. The summed E-state index contributed by atoms with van der Waals surface area (Å²) < 4.78 is 0. The Bertz CT molecular complexity index is 344. The quantitative estimate of drug-likeness (QED) is 0.788. The summed E-state index contributed by atoms with van der Waals surface area (Å²) in [5.41, 5.74) is 7.58. The van der Waals surface area contributed by atoms with Gasteiger partial charge in [-0.05, 0) is 24.1 Å². The summed E-state index contributed by atoms with van der Waals surface area (Å²) in [6, 6.07) is 5.89. The van der Waals surface area contributed by atoms with Crippen LogP contribution in [0.2, 0.25) is 5.02 Å². The van der Waals surface area contributed by atoms with Crippen LogP contribution in [0.3, 0.4) is 0 Å². The first kappa shape index (κ1) is 14.3. The number of hydrogen-bond acceptors (Lipinski definition) is 3. The lowest BCUT2D eigenvalue weighted by atomic mass is 10.2. The fourth-order valence-corrected chi connectivity index (χ4v) is 1.99. The van der Waals surface area contributed by atoms with E-state index in [-0.39, 0.29) is 6.61 Å². The van der Waals surface area contributed by atoms with Gasteiger partial charge in [0.25, 0.3) is 0 Å². The molecule has 0 aliphatic rings. The number of aliphatic hydroxyl groups excluding tert-OH is 1. The van der Waals surface area contributed by atoms with E-state index >= 15 is 0 Å². The van der Waals surface area contributed by atoms with E-state index in [9.17, 15) is 0 Å². The van der Waals surface area contributed by atoms with Gasteiger partial charge in [-0.3, -0.25) is 0 Å². The number of nitrogens with two attached hydrogens (primary N) is 1. The van der Waals surface area contributed by atoms with Crippen LogP contribution in [0.5, 0.6) is 0 Å². The van der Waals surface area contributed by atoms with Gasteiger partial charge >= 0.3 is 0 Å². The highest BCUT2D eigenvalue weighted by Gasteiger charge is 2.07. The number of aliphatic hydroxyl groups is 1. The van der Waals surface area contributed by atoms with Crippen molar-refractivity contribution in [3.63, 3.8) is 0 Å². The first-order chi connectivity index (χ1) is 8.22. The van der Waals surface area contributed by atoms with E-state index in [1.54, 1.807) is 0 Å². The molecule has 17 heavy (non-hydrogen) atoms. The van der Waals surface area contributed by atoms with Crippen molar-refractivity contribution in [2.75, 3.05) is 24.6 Å². The molecule has 96 valence electrons. The lowest BCUT2D eigenvalue weighted by Gasteiger charge is -2.24. The lowest BCUT2D eigenvalue weighted by molar-refractivity contribution is 0.301. The molecule has 0 fully saturated rings. The van der Waals surface area contributed by atoms with Gasteiger partial charge in [0.15, 0.2) is 0 Å². The fraction of sp³-hybridized carbons (Fsp3) is 0.538. The highest BCUT2D eigenvalue weighted by molar-refractivity contribution is 6.31. The zero-order valence-corrected chi connectivity index (χ0v) is 11.1. The summed E-state index contributed by atoms with van der Waals surface area (Å²) >= 11 is 6.14. The van der Waals surface area contributed by atoms with Crippen molar-refractivity contribution in [1.82, 2.24) is 0 Å². The molecule has 0 heterocycles. The van der Waals surface area contributed by atoms with Gasteiger partial charge in [-0.15, -0.1) is 0 Å². The van der Waals surface area contributed by atoms with Crippen molar-refractivity contribution in [2.24, 2.45) is 5.73 Å². The molecule has 0 saturated carbocycles. The Morgan fingerprint density at radius 3 is 2.65 bits per heavy atom. The van der Waals surface area contributed by atoms with Crippen molar-refractivity contribution in [1.29, 1.82) is 0 Å². The van der Waals surface area contributed by atoms with Crippen LogP contribution < -0.4 is 10.6 Å². The van der Waals surface area contributed by atoms with E-state index < -0.39 is 0 Å². The molecule has 0 amide bonds. The van der Waals surface area contributed by atoms with E-state index in [0.717, 1.165) is 30.6 Å². The summed E-state index contributed by atoms with van der Waals surface area (Å²) in [4.78, 5) is 2.15. The Balaban J connectivity index is 2.82. The van der Waals surface area contributed by atoms with E-state index in [4.69, 9.17) is 22.4 Å². The highest BCUT2D eigenvalue weighted by atomic mass is 35.5. The maximum absolute atomic E-state index is 9.07. The standard InChI is InChI=1S/C13H21ClN2O/c1-2-3-6-16(7-8-17)12-5-4-11(10-15)13(14)9-12/h4-5,9,17H,2-3,6-8,10,15H2,1H3. The molecule has 3 N–H and O–H groups in total. The molecule has 0 atom stereocenters. The first-order valence-corrected chi connectivity index (χ1v) is 6.45. The van der Waals surface area contributed by atoms with Gasteiger partial charge in [0, 0.05) is 30.3 Å². The largest absolute Gasteiger partial charge is 0.395 e. The summed E-state index contributed by atoms with van der Waals surface area (Å²) in [5, 5.41) is 9.77. The Kier molecular flexibility index (Phi) is 6.34. The van der Waals surface area contributed by atoms with Crippen molar-refractivity contribution in [2.45, 2.75) is 26.3 Å². The molecular formula is C13H21ClN2O. The maximum atomic E-state index is 9.07. The predicted octanol–water partition coefficient (Wildman–Crippen LogP) is 2.40. The Labute approximate surface area is 108 Å². The van der Waals surface area contributed by atoms with Gasteiger partial charge in [-0.1, -0.05) is 31.0 Å².